The van der Waals surface area contributed by atoms with E-state index in [9.17, 15) is 0 Å². The summed E-state index contributed by atoms with van der Waals surface area (Å²) in [5.74, 6) is 0. The number of hydrogen-bond acceptors (Lipinski definition) is 0. The van der Waals surface area contributed by atoms with Crippen molar-refractivity contribution in [1.82, 2.24) is 0 Å². The van der Waals surface area contributed by atoms with Crippen LogP contribution in [0.5, 0.6) is 0 Å². The van der Waals surface area contributed by atoms with Gasteiger partial charge in [-0.2, -0.15) is 0 Å². The van der Waals surface area contributed by atoms with E-state index in [-0.39, 0.29) is 0 Å². The zero-order valence-electron chi connectivity index (χ0n) is 16.2. The van der Waals surface area contributed by atoms with Crippen LogP contribution < -0.4 is 0 Å². The molecule has 0 aliphatic carbocycles. The summed E-state index contributed by atoms with van der Waals surface area (Å²) in [6.07, 6.45) is 0. The van der Waals surface area contributed by atoms with E-state index in [1.807, 2.05) is 0 Å². The molecule has 8 rings (SSSR count). The maximum Gasteiger partial charge on any atom is -0.00134 e. The first-order valence-corrected chi connectivity index (χ1v) is 10.5. The lowest BCUT2D eigenvalue weighted by Crippen LogP contribution is -1.91. The van der Waals surface area contributed by atoms with Crippen LogP contribution in [0.2, 0.25) is 0 Å². The molecule has 0 unspecified atom stereocenters. The van der Waals surface area contributed by atoms with Gasteiger partial charge >= 0.3 is 0 Å². The molecule has 0 saturated carbocycles. The smallest absolute Gasteiger partial charge is 0.00134 e. The Labute approximate surface area is 172 Å². The summed E-state index contributed by atoms with van der Waals surface area (Å²) >= 11 is 0. The average Bonchev–Trinajstić information content (AvgIpc) is 2.81. The maximum atomic E-state index is 2.32. The summed E-state index contributed by atoms with van der Waals surface area (Å²) in [4.78, 5) is 0. The van der Waals surface area contributed by atoms with Gasteiger partial charge in [-0.25, -0.2) is 0 Å². The van der Waals surface area contributed by atoms with Gasteiger partial charge in [-0.3, -0.25) is 0 Å². The Morgan fingerprint density at radius 2 is 0.500 bits per heavy atom. The molecule has 136 valence electrons. The lowest BCUT2D eigenvalue weighted by atomic mass is 9.83. The van der Waals surface area contributed by atoms with Gasteiger partial charge in [0.2, 0.25) is 0 Å². The zero-order chi connectivity index (χ0) is 19.4. The fourth-order valence-electron chi connectivity index (χ4n) is 5.97. The molecule has 0 heterocycles. The molecule has 0 nitrogen and oxygen atoms in total. The van der Waals surface area contributed by atoms with E-state index in [0.29, 0.717) is 0 Å². The van der Waals surface area contributed by atoms with Crippen LogP contribution in [0, 0.1) is 0 Å². The van der Waals surface area contributed by atoms with E-state index in [0.717, 1.165) is 0 Å². The normalized spacial score (nSPS) is 12.7. The number of fused-ring (bicyclic) bond motifs is 5. The topological polar surface area (TPSA) is 0 Å². The standard InChI is InChI=1S/C30H16/c1-5-17-13-14-18-6-3-11-23-26(18)25(17)21(9-1)29-22-10-2-7-19-15-16-20-8-4-12-24(30(23)29)28(20)27(19)22/h1-16H. The van der Waals surface area contributed by atoms with Gasteiger partial charge in [0.05, 0.1) is 0 Å². The molecule has 0 N–H and O–H groups in total. The molecule has 0 bridgehead atoms. The largest absolute Gasteiger partial charge is 0.0610 e. The molecule has 0 aliphatic rings. The van der Waals surface area contributed by atoms with Crippen molar-refractivity contribution in [2.75, 3.05) is 0 Å². The van der Waals surface area contributed by atoms with E-state index >= 15 is 0 Å². The monoisotopic (exact) mass is 376 g/mol. The van der Waals surface area contributed by atoms with Crippen LogP contribution in [0.1, 0.15) is 0 Å². The van der Waals surface area contributed by atoms with Gasteiger partial charge in [-0.05, 0) is 75.4 Å². The minimum atomic E-state index is 1.32. The molecule has 0 saturated heterocycles. The second kappa shape index (κ2) is 4.98. The first-order valence-electron chi connectivity index (χ1n) is 10.5. The van der Waals surface area contributed by atoms with Gasteiger partial charge in [0.15, 0.2) is 0 Å². The van der Waals surface area contributed by atoms with Crippen molar-refractivity contribution in [2.24, 2.45) is 0 Å². The molecule has 0 aromatic heterocycles. The SMILES string of the molecule is c1cc2ccc3cccc4c3c2c(c1)c1c2cccc3ccc5cccc(c5c32)c41. The molecule has 0 amide bonds. The van der Waals surface area contributed by atoms with Crippen molar-refractivity contribution >= 4 is 75.4 Å². The molecule has 8 aromatic carbocycles. The molecule has 0 radical (unpaired) electrons. The highest BCUT2D eigenvalue weighted by Crippen LogP contribution is 2.48. The molecule has 0 heteroatoms. The Morgan fingerprint density at radius 1 is 0.233 bits per heavy atom. The molecule has 30 heavy (non-hydrogen) atoms. The van der Waals surface area contributed by atoms with Crippen molar-refractivity contribution in [3.05, 3.63) is 97.1 Å². The van der Waals surface area contributed by atoms with Crippen molar-refractivity contribution in [2.45, 2.75) is 0 Å². The summed E-state index contributed by atoms with van der Waals surface area (Å²) < 4.78 is 0. The van der Waals surface area contributed by atoms with Crippen LogP contribution in [0.4, 0.5) is 0 Å². The Hall–Kier alpha value is -3.90. The maximum absolute atomic E-state index is 2.32. The second-order valence-corrected chi connectivity index (χ2v) is 8.50. The van der Waals surface area contributed by atoms with Crippen LogP contribution >= 0.6 is 0 Å². The molecule has 0 atom stereocenters. The highest BCUT2D eigenvalue weighted by molar-refractivity contribution is 6.45. The molecule has 0 fully saturated rings. The summed E-state index contributed by atoms with van der Waals surface area (Å²) in [5, 5.41) is 19.1. The predicted octanol–water partition coefficient (Wildman–Crippen LogP) is 8.63. The Kier molecular flexibility index (Phi) is 2.49. The van der Waals surface area contributed by atoms with Crippen LogP contribution in [0.25, 0.3) is 75.4 Å². The van der Waals surface area contributed by atoms with E-state index in [1.54, 1.807) is 0 Å². The lowest BCUT2D eigenvalue weighted by molar-refractivity contribution is 1.79. The summed E-state index contributed by atoms with van der Waals surface area (Å²) in [5.41, 5.74) is 0. The Morgan fingerprint density at radius 3 is 0.767 bits per heavy atom. The van der Waals surface area contributed by atoms with Gasteiger partial charge in [0.25, 0.3) is 0 Å². The minimum absolute atomic E-state index is 1.32. The third-order valence-corrected chi connectivity index (χ3v) is 7.10. The molecule has 0 aliphatic heterocycles. The van der Waals surface area contributed by atoms with E-state index in [2.05, 4.69) is 97.1 Å². The van der Waals surface area contributed by atoms with E-state index in [1.165, 1.54) is 75.4 Å². The average molecular weight is 376 g/mol. The van der Waals surface area contributed by atoms with Gasteiger partial charge in [0, 0.05) is 0 Å². The molecular weight excluding hydrogens is 360 g/mol. The van der Waals surface area contributed by atoms with Crippen molar-refractivity contribution in [1.29, 1.82) is 0 Å². The Balaban J connectivity index is 1.91. The molecule has 0 spiro atoms. The van der Waals surface area contributed by atoms with Crippen LogP contribution in [0.3, 0.4) is 0 Å². The number of benzene rings is 8. The van der Waals surface area contributed by atoms with Crippen molar-refractivity contribution in [3.8, 4) is 0 Å². The van der Waals surface area contributed by atoms with Crippen LogP contribution in [-0.4, -0.2) is 0 Å². The fraction of sp³-hybridized carbons (Fsp3) is 0. The number of hydrogen-bond donors (Lipinski definition) is 0. The summed E-state index contributed by atoms with van der Waals surface area (Å²) in [6.45, 7) is 0. The van der Waals surface area contributed by atoms with Crippen LogP contribution in [0.15, 0.2) is 97.1 Å². The fourth-order valence-corrected chi connectivity index (χ4v) is 5.97. The third kappa shape index (κ3) is 1.58. The second-order valence-electron chi connectivity index (χ2n) is 8.50. The predicted molar refractivity (Wildman–Crippen MR) is 131 cm³/mol. The first-order chi connectivity index (χ1) is 14.9. The first kappa shape index (κ1) is 15.0. The van der Waals surface area contributed by atoms with Crippen molar-refractivity contribution in [3.63, 3.8) is 0 Å². The number of rotatable bonds is 0. The van der Waals surface area contributed by atoms with E-state index in [4.69, 9.17) is 0 Å². The molecule has 8 aromatic rings. The summed E-state index contributed by atoms with van der Waals surface area (Å²) in [6, 6.07) is 36.2. The van der Waals surface area contributed by atoms with Gasteiger partial charge in [-0.15, -0.1) is 0 Å². The quantitative estimate of drug-likeness (QED) is 0.183. The van der Waals surface area contributed by atoms with Crippen LogP contribution in [-0.2, 0) is 0 Å². The lowest BCUT2D eigenvalue weighted by Gasteiger charge is -2.20. The summed E-state index contributed by atoms with van der Waals surface area (Å²) in [7, 11) is 0. The van der Waals surface area contributed by atoms with E-state index < -0.39 is 0 Å². The minimum Gasteiger partial charge on any atom is -0.0610 e. The van der Waals surface area contributed by atoms with Gasteiger partial charge < -0.3 is 0 Å². The molecular formula is C30H16. The van der Waals surface area contributed by atoms with Crippen molar-refractivity contribution < 1.29 is 0 Å². The highest BCUT2D eigenvalue weighted by Gasteiger charge is 2.19. The zero-order valence-corrected chi connectivity index (χ0v) is 16.2. The highest BCUT2D eigenvalue weighted by atomic mass is 14.2. The third-order valence-electron chi connectivity index (χ3n) is 7.10. The van der Waals surface area contributed by atoms with Gasteiger partial charge in [-0.1, -0.05) is 97.1 Å². The Bertz CT molecular complexity index is 1660. The van der Waals surface area contributed by atoms with Gasteiger partial charge in [0.1, 0.15) is 0 Å².